The minimum atomic E-state index is -4.91. The number of nitrogens with one attached hydrogen (secondary N) is 3. The molecular weight excluding hydrogens is 728 g/mol. The highest BCUT2D eigenvalue weighted by Gasteiger charge is 2.20. The van der Waals surface area contributed by atoms with Crippen molar-refractivity contribution in [2.24, 2.45) is 10.2 Å². The second kappa shape index (κ2) is 14.6. The fourth-order valence-electron chi connectivity index (χ4n) is 4.29. The first-order valence-electron chi connectivity index (χ1n) is 13.4. The number of hydrogen-bond acceptors (Lipinski definition) is 17. The molecule has 0 spiro atoms. The maximum atomic E-state index is 14.4. The molecule has 0 radical (unpaired) electrons. The third-order valence-corrected chi connectivity index (χ3v) is 8.64. The Morgan fingerprint density at radius 3 is 2.18 bits per heavy atom. The Bertz CT molecular complexity index is 2380. The molecule has 1 amide bonds. The van der Waals surface area contributed by atoms with Gasteiger partial charge in [-0.3, -0.25) is 13.9 Å². The van der Waals surface area contributed by atoms with Gasteiger partial charge in [-0.2, -0.15) is 36.2 Å². The maximum absolute atomic E-state index is 14.4. The number of azo groups is 1. The Balaban J connectivity index is 1.51. The van der Waals surface area contributed by atoms with Crippen LogP contribution in [0.25, 0.3) is 10.8 Å². The number of hydrogen-bond donors (Lipinski definition) is 7. The molecule has 19 nitrogen and oxygen atoms in total. The zero-order chi connectivity index (χ0) is 36.2. The number of aromatic hydroxyl groups is 1. The van der Waals surface area contributed by atoms with E-state index in [4.69, 9.17) is 5.26 Å². The maximum Gasteiger partial charge on any atom is 0.315 e. The van der Waals surface area contributed by atoms with Gasteiger partial charge in [0.15, 0.2) is 5.75 Å². The smallest absolute Gasteiger partial charge is 0.315 e. The highest BCUT2D eigenvalue weighted by Crippen LogP contribution is 2.45. The van der Waals surface area contributed by atoms with Crippen LogP contribution in [0.2, 0.25) is 0 Å². The van der Waals surface area contributed by atoms with Crippen LogP contribution < -0.4 is 16.0 Å². The van der Waals surface area contributed by atoms with Crippen molar-refractivity contribution >= 4 is 89.3 Å². The number of halogens is 1. The van der Waals surface area contributed by atoms with E-state index in [1.54, 1.807) is 0 Å². The van der Waals surface area contributed by atoms with Gasteiger partial charge in [0.25, 0.3) is 20.2 Å². The van der Waals surface area contributed by atoms with Crippen molar-refractivity contribution in [2.75, 3.05) is 16.0 Å². The first-order chi connectivity index (χ1) is 23.6. The minimum Gasteiger partial charge on any atom is -0.505 e. The van der Waals surface area contributed by atoms with Gasteiger partial charge < -0.3 is 21.1 Å². The van der Waals surface area contributed by atoms with Crippen LogP contribution >= 0.6 is 12.0 Å². The first kappa shape index (κ1) is 35.9. The van der Waals surface area contributed by atoms with E-state index in [9.17, 15) is 40.2 Å². The highest BCUT2D eigenvalue weighted by atomic mass is 32.2. The predicted molar refractivity (Wildman–Crippen MR) is 174 cm³/mol. The summed E-state index contributed by atoms with van der Waals surface area (Å²) in [6.45, 7) is 1.30. The lowest BCUT2D eigenvalue weighted by Gasteiger charge is -2.11. The Hall–Kier alpha value is -5.40. The molecule has 1 heterocycles. The van der Waals surface area contributed by atoms with Gasteiger partial charge >= 0.3 is 6.08 Å². The van der Waals surface area contributed by atoms with Gasteiger partial charge in [-0.25, -0.2) is 5.26 Å². The summed E-state index contributed by atoms with van der Waals surface area (Å²) in [6.07, 6.45) is -1.28. The Morgan fingerprint density at radius 1 is 0.860 bits per heavy atom. The van der Waals surface area contributed by atoms with E-state index in [1.807, 2.05) is 0 Å². The van der Waals surface area contributed by atoms with Crippen LogP contribution in [-0.2, 0) is 34.4 Å². The fourth-order valence-corrected chi connectivity index (χ4v) is 5.92. The monoisotopic (exact) mass is 748 g/mol. The molecule has 0 atom stereocenters. The SMILES string of the molecule is CC(=O)Nc1ccc2c(O)c(N=Nc3cc(Nc4nc(F)nc(Nc5cccc(S(=O)(=O)O)c5)n4)ccc3S(=O)(=O)O)c(SOOO)cc2c1. The Kier molecular flexibility index (Phi) is 10.5. The molecule has 50 heavy (non-hydrogen) atoms. The normalized spacial score (nSPS) is 11.9. The number of phenols is 1. The number of benzene rings is 4. The summed E-state index contributed by atoms with van der Waals surface area (Å²) in [5.41, 5.74) is -0.321. The number of nitrogens with zero attached hydrogens (tertiary/aromatic N) is 5. The van der Waals surface area contributed by atoms with Crippen molar-refractivity contribution in [1.82, 2.24) is 15.0 Å². The predicted octanol–water partition coefficient (Wildman–Crippen LogP) is 5.65. The van der Waals surface area contributed by atoms with Crippen molar-refractivity contribution in [3.8, 4) is 5.75 Å². The summed E-state index contributed by atoms with van der Waals surface area (Å²) in [5.74, 6) is -1.63. The standard InChI is InChI=1S/C27H21FN8O11S3/c1-13(37)29-16-5-7-19-14(9-16)10-21(48-47-46-39)23(24(19)38)36-35-20-12-17(6-8-22(20)50(43,44)45)31-27-33-25(28)32-26(34-27)30-15-3-2-4-18(11-15)49(40,41)42/h2-12,38-39H,1H3,(H,29,37)(H,40,41,42)(H,43,44,45)(H2,30,31,32,33,34). The highest BCUT2D eigenvalue weighted by molar-refractivity contribution is 7.94. The Morgan fingerprint density at radius 2 is 1.54 bits per heavy atom. The zero-order valence-corrected chi connectivity index (χ0v) is 27.3. The molecule has 0 saturated carbocycles. The number of anilines is 5. The van der Waals surface area contributed by atoms with Crippen molar-refractivity contribution in [2.45, 2.75) is 21.6 Å². The third kappa shape index (κ3) is 8.79. The molecule has 0 bridgehead atoms. The molecule has 1 aromatic heterocycles. The van der Waals surface area contributed by atoms with Crippen LogP contribution in [0.15, 0.2) is 91.6 Å². The lowest BCUT2D eigenvalue weighted by molar-refractivity contribution is -0.432. The molecule has 23 heteroatoms. The average molecular weight is 749 g/mol. The summed E-state index contributed by atoms with van der Waals surface area (Å²) < 4.78 is 85.3. The molecule has 5 aromatic rings. The van der Waals surface area contributed by atoms with Crippen LogP contribution in [-0.4, -0.2) is 57.2 Å². The van der Waals surface area contributed by atoms with E-state index >= 15 is 0 Å². The van der Waals surface area contributed by atoms with Gasteiger partial charge in [0.2, 0.25) is 17.8 Å². The number of carbonyl (C=O) groups excluding carboxylic acids is 1. The summed E-state index contributed by atoms with van der Waals surface area (Å²) in [5, 5.41) is 39.7. The van der Waals surface area contributed by atoms with Crippen molar-refractivity contribution in [3.05, 3.63) is 72.8 Å². The molecule has 0 aliphatic rings. The second-order valence-electron chi connectivity index (χ2n) is 9.78. The van der Waals surface area contributed by atoms with Crippen LogP contribution in [0.3, 0.4) is 0 Å². The summed E-state index contributed by atoms with van der Waals surface area (Å²) in [6, 6.07) is 13.9. The summed E-state index contributed by atoms with van der Waals surface area (Å²) in [7, 11) is -9.45. The number of rotatable bonds is 12. The molecule has 0 saturated heterocycles. The zero-order valence-electron chi connectivity index (χ0n) is 24.8. The van der Waals surface area contributed by atoms with Crippen LogP contribution in [0, 0.1) is 6.08 Å². The van der Waals surface area contributed by atoms with E-state index in [2.05, 4.69) is 50.5 Å². The van der Waals surface area contributed by atoms with Crippen LogP contribution in [0.1, 0.15) is 6.92 Å². The number of amides is 1. The molecule has 0 fully saturated rings. The van der Waals surface area contributed by atoms with Crippen LogP contribution in [0.4, 0.5) is 44.7 Å². The van der Waals surface area contributed by atoms with Gasteiger partial charge in [0, 0.05) is 29.4 Å². The number of carbonyl (C=O) groups is 1. The van der Waals surface area contributed by atoms with Gasteiger partial charge in [0.1, 0.15) is 16.3 Å². The topological polar surface area (TPSA) is 284 Å². The first-order valence-corrected chi connectivity index (χ1v) is 17.0. The minimum absolute atomic E-state index is 0.00160. The van der Waals surface area contributed by atoms with E-state index in [0.717, 1.165) is 30.3 Å². The van der Waals surface area contributed by atoms with Crippen molar-refractivity contribution in [1.29, 1.82) is 0 Å². The lowest BCUT2D eigenvalue weighted by Crippen LogP contribution is -2.07. The van der Waals surface area contributed by atoms with Gasteiger partial charge in [-0.1, -0.05) is 11.1 Å². The largest absolute Gasteiger partial charge is 0.505 e. The fraction of sp³-hybridized carbons (Fsp3) is 0.0370. The number of fused-ring (bicyclic) bond motifs is 1. The molecular formula is C27H21FN8O11S3. The average Bonchev–Trinajstić information content (AvgIpc) is 3.02. The van der Waals surface area contributed by atoms with Gasteiger partial charge in [0.05, 0.1) is 21.8 Å². The molecule has 4 aromatic carbocycles. The molecule has 260 valence electrons. The lowest BCUT2D eigenvalue weighted by atomic mass is 10.1. The van der Waals surface area contributed by atoms with Gasteiger partial charge in [-0.05, 0) is 66.0 Å². The molecule has 0 unspecified atom stereocenters. The van der Waals surface area contributed by atoms with E-state index < -0.39 is 59.4 Å². The molecule has 0 aliphatic carbocycles. The number of phenolic OH excluding ortho intramolecular Hbond substituents is 1. The van der Waals surface area contributed by atoms with Gasteiger partial charge in [-0.15, -0.1) is 14.6 Å². The second-order valence-corrected chi connectivity index (χ2v) is 13.3. The molecule has 7 N–H and O–H groups in total. The van der Waals surface area contributed by atoms with E-state index in [-0.39, 0.29) is 33.3 Å². The number of aromatic nitrogens is 3. The summed E-state index contributed by atoms with van der Waals surface area (Å²) >= 11 is 0.391. The van der Waals surface area contributed by atoms with E-state index in [0.29, 0.717) is 23.1 Å². The van der Waals surface area contributed by atoms with Crippen molar-refractivity contribution in [3.63, 3.8) is 0 Å². The molecule has 5 rings (SSSR count). The van der Waals surface area contributed by atoms with Crippen molar-refractivity contribution < 1.29 is 54.9 Å². The van der Waals surface area contributed by atoms with E-state index in [1.165, 1.54) is 43.3 Å². The summed E-state index contributed by atoms with van der Waals surface area (Å²) in [4.78, 5) is 21.3. The Labute approximate surface area is 284 Å². The van der Waals surface area contributed by atoms with Crippen LogP contribution in [0.5, 0.6) is 5.75 Å². The quantitative estimate of drug-likeness (QED) is 0.0266. The molecule has 0 aliphatic heterocycles. The third-order valence-electron chi connectivity index (χ3n) is 6.27.